The van der Waals surface area contributed by atoms with E-state index < -0.39 is 0 Å². The lowest BCUT2D eigenvalue weighted by atomic mass is 10.2. The second-order valence-electron chi connectivity index (χ2n) is 5.46. The molecule has 1 aliphatic rings. The summed E-state index contributed by atoms with van der Waals surface area (Å²) >= 11 is 0. The maximum Gasteiger partial charge on any atom is 0.228 e. The van der Waals surface area contributed by atoms with Gasteiger partial charge in [0, 0.05) is 25.3 Å². The van der Waals surface area contributed by atoms with E-state index in [-0.39, 0.29) is 12.0 Å². The van der Waals surface area contributed by atoms with Crippen LogP contribution < -0.4 is 4.74 Å². The minimum Gasteiger partial charge on any atom is -0.495 e. The predicted octanol–water partition coefficient (Wildman–Crippen LogP) is 0.422. The van der Waals surface area contributed by atoms with Crippen LogP contribution in [-0.4, -0.2) is 74.2 Å². The topological polar surface area (TPSA) is 54.9 Å². The number of aromatic nitrogens is 1. The number of pyridine rings is 1. The van der Waals surface area contributed by atoms with Crippen molar-refractivity contribution in [2.24, 2.45) is 0 Å². The fourth-order valence-corrected chi connectivity index (χ4v) is 2.37. The summed E-state index contributed by atoms with van der Waals surface area (Å²) in [4.78, 5) is 20.5. The maximum atomic E-state index is 12.3. The molecule has 1 saturated heterocycles. The fourth-order valence-electron chi connectivity index (χ4n) is 2.37. The van der Waals surface area contributed by atoms with Crippen molar-refractivity contribution < 1.29 is 14.3 Å². The smallest absolute Gasteiger partial charge is 0.228 e. The summed E-state index contributed by atoms with van der Waals surface area (Å²) in [7, 11) is 5.61. The third-order valence-electron chi connectivity index (χ3n) is 3.43. The van der Waals surface area contributed by atoms with Crippen LogP contribution in [0, 0.1) is 0 Å². The molecule has 1 aliphatic heterocycles. The van der Waals surface area contributed by atoms with Gasteiger partial charge in [-0.15, -0.1) is 0 Å². The zero-order valence-electron chi connectivity index (χ0n) is 12.9. The van der Waals surface area contributed by atoms with E-state index in [1.54, 1.807) is 13.3 Å². The Kier molecular flexibility index (Phi) is 5.52. The number of hydrogen-bond acceptors (Lipinski definition) is 5. The molecule has 116 valence electrons. The van der Waals surface area contributed by atoms with Gasteiger partial charge in [0.15, 0.2) is 0 Å². The lowest BCUT2D eigenvalue weighted by Crippen LogP contribution is -2.49. The summed E-state index contributed by atoms with van der Waals surface area (Å²) in [6.07, 6.45) is 2.04. The fraction of sp³-hybridized carbons (Fsp3) is 0.600. The Morgan fingerprint density at radius 3 is 2.95 bits per heavy atom. The van der Waals surface area contributed by atoms with Crippen molar-refractivity contribution in [3.8, 4) is 5.75 Å². The molecule has 0 spiro atoms. The van der Waals surface area contributed by atoms with Crippen LogP contribution in [0.1, 0.15) is 5.69 Å². The molecular formula is C15H23N3O3. The summed E-state index contributed by atoms with van der Waals surface area (Å²) in [5.74, 6) is 0.795. The number of amides is 1. The van der Waals surface area contributed by atoms with E-state index in [2.05, 4.69) is 9.88 Å². The van der Waals surface area contributed by atoms with Crippen LogP contribution in [0.2, 0.25) is 0 Å². The highest BCUT2D eigenvalue weighted by atomic mass is 16.5. The summed E-state index contributed by atoms with van der Waals surface area (Å²) < 4.78 is 10.7. The van der Waals surface area contributed by atoms with Crippen LogP contribution in [0.5, 0.6) is 5.75 Å². The Bertz CT molecular complexity index is 462. The number of nitrogens with zero attached hydrogens (tertiary/aromatic N) is 3. The van der Waals surface area contributed by atoms with Crippen molar-refractivity contribution in [1.82, 2.24) is 14.8 Å². The largest absolute Gasteiger partial charge is 0.495 e. The molecule has 6 heteroatoms. The van der Waals surface area contributed by atoms with Gasteiger partial charge in [-0.3, -0.25) is 9.78 Å². The molecule has 2 heterocycles. The SMILES string of the molecule is COc1ccc(CC(=O)N2CCOC(CN(C)C)C2)nc1. The molecule has 0 saturated carbocycles. The Hall–Kier alpha value is -1.66. The van der Waals surface area contributed by atoms with Gasteiger partial charge < -0.3 is 19.3 Å². The number of methoxy groups -OCH3 is 1. The van der Waals surface area contributed by atoms with E-state index in [4.69, 9.17) is 9.47 Å². The van der Waals surface area contributed by atoms with Crippen molar-refractivity contribution >= 4 is 5.91 Å². The molecule has 6 nitrogen and oxygen atoms in total. The number of rotatable bonds is 5. The molecule has 1 amide bonds. The van der Waals surface area contributed by atoms with Gasteiger partial charge >= 0.3 is 0 Å². The summed E-state index contributed by atoms with van der Waals surface area (Å²) in [5, 5.41) is 0. The summed E-state index contributed by atoms with van der Waals surface area (Å²) in [6.45, 7) is 2.72. The lowest BCUT2D eigenvalue weighted by molar-refractivity contribution is -0.138. The van der Waals surface area contributed by atoms with E-state index in [9.17, 15) is 4.79 Å². The van der Waals surface area contributed by atoms with Gasteiger partial charge in [0.25, 0.3) is 0 Å². The number of hydrogen-bond donors (Lipinski definition) is 0. The number of carbonyl (C=O) groups is 1. The average molecular weight is 293 g/mol. The third-order valence-corrected chi connectivity index (χ3v) is 3.43. The highest BCUT2D eigenvalue weighted by Crippen LogP contribution is 2.11. The minimum absolute atomic E-state index is 0.0847. The van der Waals surface area contributed by atoms with Gasteiger partial charge in [0.05, 0.1) is 32.4 Å². The van der Waals surface area contributed by atoms with Gasteiger partial charge in [0.1, 0.15) is 5.75 Å². The van der Waals surface area contributed by atoms with Gasteiger partial charge in [-0.1, -0.05) is 0 Å². The Labute approximate surface area is 125 Å². The molecule has 21 heavy (non-hydrogen) atoms. The normalized spacial score (nSPS) is 18.9. The van der Waals surface area contributed by atoms with Crippen molar-refractivity contribution in [2.75, 3.05) is 47.4 Å². The van der Waals surface area contributed by atoms with Crippen LogP contribution in [-0.2, 0) is 16.0 Å². The highest BCUT2D eigenvalue weighted by molar-refractivity contribution is 5.78. The number of carbonyl (C=O) groups excluding carboxylic acids is 1. The molecule has 1 atom stereocenters. The molecule has 0 N–H and O–H groups in total. The zero-order chi connectivity index (χ0) is 15.2. The maximum absolute atomic E-state index is 12.3. The summed E-state index contributed by atoms with van der Waals surface area (Å²) in [6, 6.07) is 3.65. The molecule has 1 aromatic heterocycles. The minimum atomic E-state index is 0.0847. The lowest BCUT2D eigenvalue weighted by Gasteiger charge is -2.34. The second-order valence-corrected chi connectivity index (χ2v) is 5.46. The van der Waals surface area contributed by atoms with Crippen LogP contribution in [0.15, 0.2) is 18.3 Å². The van der Waals surface area contributed by atoms with Crippen LogP contribution in [0.4, 0.5) is 0 Å². The molecule has 0 aliphatic carbocycles. The van der Waals surface area contributed by atoms with E-state index in [0.29, 0.717) is 31.9 Å². The molecule has 1 fully saturated rings. The molecule has 1 unspecified atom stereocenters. The monoisotopic (exact) mass is 293 g/mol. The predicted molar refractivity (Wildman–Crippen MR) is 79.4 cm³/mol. The molecule has 0 radical (unpaired) electrons. The van der Waals surface area contributed by atoms with Crippen molar-refractivity contribution in [3.63, 3.8) is 0 Å². The Morgan fingerprint density at radius 2 is 2.33 bits per heavy atom. The van der Waals surface area contributed by atoms with Gasteiger partial charge in [-0.25, -0.2) is 0 Å². The second kappa shape index (κ2) is 7.38. The van der Waals surface area contributed by atoms with Crippen molar-refractivity contribution in [3.05, 3.63) is 24.0 Å². The van der Waals surface area contributed by atoms with E-state index in [1.165, 1.54) is 0 Å². The molecule has 1 aromatic rings. The van der Waals surface area contributed by atoms with Crippen molar-refractivity contribution in [1.29, 1.82) is 0 Å². The first-order valence-electron chi connectivity index (χ1n) is 7.11. The molecule has 0 bridgehead atoms. The molecular weight excluding hydrogens is 270 g/mol. The first-order valence-corrected chi connectivity index (χ1v) is 7.11. The number of morpholine rings is 1. The number of likely N-dealkylation sites (N-methyl/N-ethyl adjacent to an activating group) is 1. The highest BCUT2D eigenvalue weighted by Gasteiger charge is 2.24. The standard InChI is InChI=1S/C15H23N3O3/c1-17(2)10-14-11-18(6-7-21-14)15(19)8-12-4-5-13(20-3)9-16-12/h4-5,9,14H,6-8,10-11H2,1-3H3. The van der Waals surface area contributed by atoms with E-state index in [0.717, 1.165) is 12.2 Å². The van der Waals surface area contributed by atoms with Crippen LogP contribution in [0.3, 0.4) is 0 Å². The zero-order valence-corrected chi connectivity index (χ0v) is 12.9. The molecule has 0 aromatic carbocycles. The third kappa shape index (κ3) is 4.68. The quantitative estimate of drug-likeness (QED) is 0.787. The summed E-state index contributed by atoms with van der Waals surface area (Å²) in [5.41, 5.74) is 0.761. The van der Waals surface area contributed by atoms with Crippen molar-refractivity contribution in [2.45, 2.75) is 12.5 Å². The van der Waals surface area contributed by atoms with Crippen LogP contribution in [0.25, 0.3) is 0 Å². The Balaban J connectivity index is 1.89. The Morgan fingerprint density at radius 1 is 1.52 bits per heavy atom. The first kappa shape index (κ1) is 15.7. The van der Waals surface area contributed by atoms with Gasteiger partial charge in [0.2, 0.25) is 5.91 Å². The van der Waals surface area contributed by atoms with E-state index in [1.807, 2.05) is 31.1 Å². The first-order chi connectivity index (χ1) is 10.1. The molecule has 2 rings (SSSR count). The van der Waals surface area contributed by atoms with Gasteiger partial charge in [-0.05, 0) is 26.2 Å². The number of ether oxygens (including phenoxy) is 2. The van der Waals surface area contributed by atoms with Crippen LogP contribution >= 0.6 is 0 Å². The average Bonchev–Trinajstić information content (AvgIpc) is 2.47. The van der Waals surface area contributed by atoms with Gasteiger partial charge in [-0.2, -0.15) is 0 Å². The van der Waals surface area contributed by atoms with E-state index >= 15 is 0 Å².